The number of anilines is 3. The molecular weight excluding hydrogens is 503 g/mol. The molecule has 0 unspecified atom stereocenters. The van der Waals surface area contributed by atoms with Crippen molar-refractivity contribution >= 4 is 88.2 Å². The number of benzene rings is 6. The highest BCUT2D eigenvalue weighted by Crippen LogP contribution is 2.48. The molecule has 0 N–H and O–H groups in total. The van der Waals surface area contributed by atoms with E-state index in [1.54, 1.807) is 0 Å². The molecule has 2 aliphatic rings. The Kier molecular flexibility index (Phi) is 3.92. The quantitative estimate of drug-likeness (QED) is 0.195. The summed E-state index contributed by atoms with van der Waals surface area (Å²) < 4.78 is 5.28. The highest BCUT2D eigenvalue weighted by molar-refractivity contribution is 7.26. The van der Waals surface area contributed by atoms with Gasteiger partial charge in [-0.05, 0) is 46.8 Å². The molecule has 0 amide bonds. The molecule has 0 radical (unpaired) electrons. The zero-order valence-corrected chi connectivity index (χ0v) is 22.3. The van der Waals surface area contributed by atoms with E-state index in [-0.39, 0.29) is 6.85 Å². The topological polar surface area (TPSA) is 8.17 Å². The number of thiophene rings is 1. The Labute approximate surface area is 235 Å². The van der Waals surface area contributed by atoms with Crippen LogP contribution in [0.3, 0.4) is 0 Å². The minimum Gasteiger partial charge on any atom is -0.375 e. The molecule has 10 rings (SSSR count). The molecule has 2 aromatic heterocycles. The molecule has 0 atom stereocenters. The van der Waals surface area contributed by atoms with Crippen LogP contribution in [0.4, 0.5) is 17.1 Å². The summed E-state index contributed by atoms with van der Waals surface area (Å²) in [4.78, 5) is 2.53. The van der Waals surface area contributed by atoms with E-state index in [1.807, 2.05) is 11.3 Å². The second kappa shape index (κ2) is 7.44. The molecule has 0 fully saturated rings. The molecule has 184 valence electrons. The average Bonchev–Trinajstić information content (AvgIpc) is 3.56. The third-order valence-electron chi connectivity index (χ3n) is 8.97. The molecule has 2 nitrogen and oxygen atoms in total. The van der Waals surface area contributed by atoms with E-state index >= 15 is 0 Å². The van der Waals surface area contributed by atoms with Gasteiger partial charge in [0.05, 0.1) is 10.4 Å². The highest BCUT2D eigenvalue weighted by Gasteiger charge is 2.42. The van der Waals surface area contributed by atoms with Crippen molar-refractivity contribution in [2.45, 2.75) is 0 Å². The van der Waals surface area contributed by atoms with Gasteiger partial charge >= 0.3 is 6.85 Å². The first-order valence-corrected chi connectivity index (χ1v) is 14.6. The van der Waals surface area contributed by atoms with Gasteiger partial charge in [0.2, 0.25) is 0 Å². The molecule has 8 aromatic rings. The van der Waals surface area contributed by atoms with Gasteiger partial charge in [0.25, 0.3) is 0 Å². The fraction of sp³-hybridized carbons (Fsp3) is 0. The van der Waals surface area contributed by atoms with Gasteiger partial charge in [-0.25, -0.2) is 0 Å². The Balaban J connectivity index is 1.36. The first-order chi connectivity index (χ1) is 19.9. The summed E-state index contributed by atoms with van der Waals surface area (Å²) in [6.07, 6.45) is 0. The maximum absolute atomic E-state index is 2.61. The number of hydrogen-bond donors (Lipinski definition) is 0. The van der Waals surface area contributed by atoms with Gasteiger partial charge in [0.15, 0.2) is 0 Å². The van der Waals surface area contributed by atoms with Crippen LogP contribution in [0.15, 0.2) is 127 Å². The summed E-state index contributed by atoms with van der Waals surface area (Å²) in [5, 5.41) is 5.31. The van der Waals surface area contributed by atoms with E-state index < -0.39 is 0 Å². The van der Waals surface area contributed by atoms with Crippen molar-refractivity contribution in [1.82, 2.24) is 4.48 Å². The van der Waals surface area contributed by atoms with Gasteiger partial charge in [-0.2, -0.15) is 0 Å². The Morgan fingerprint density at radius 2 is 1.18 bits per heavy atom. The third kappa shape index (κ3) is 2.46. The predicted molar refractivity (Wildman–Crippen MR) is 173 cm³/mol. The lowest BCUT2D eigenvalue weighted by Gasteiger charge is -2.40. The number of para-hydroxylation sites is 3. The van der Waals surface area contributed by atoms with Crippen molar-refractivity contribution in [2.24, 2.45) is 0 Å². The van der Waals surface area contributed by atoms with Crippen molar-refractivity contribution in [2.75, 3.05) is 4.90 Å². The van der Waals surface area contributed by atoms with Crippen molar-refractivity contribution in [3.8, 4) is 11.1 Å². The van der Waals surface area contributed by atoms with Crippen molar-refractivity contribution in [3.63, 3.8) is 0 Å². The summed E-state index contributed by atoms with van der Waals surface area (Å²) in [5.41, 5.74) is 11.8. The molecule has 6 aromatic carbocycles. The average molecular weight is 524 g/mol. The first kappa shape index (κ1) is 21.1. The van der Waals surface area contributed by atoms with Crippen molar-refractivity contribution in [1.29, 1.82) is 0 Å². The van der Waals surface area contributed by atoms with Crippen molar-refractivity contribution in [3.05, 3.63) is 127 Å². The lowest BCUT2D eigenvalue weighted by atomic mass is 9.45. The van der Waals surface area contributed by atoms with E-state index in [2.05, 4.69) is 137 Å². The van der Waals surface area contributed by atoms with Gasteiger partial charge in [-0.1, -0.05) is 97.1 Å². The van der Waals surface area contributed by atoms with Crippen molar-refractivity contribution < 1.29 is 0 Å². The molecule has 0 aliphatic carbocycles. The predicted octanol–water partition coefficient (Wildman–Crippen LogP) is 8.58. The van der Waals surface area contributed by atoms with E-state index in [9.17, 15) is 0 Å². The van der Waals surface area contributed by atoms with Crippen LogP contribution in [-0.4, -0.2) is 11.3 Å². The molecule has 0 spiro atoms. The number of hydrogen-bond acceptors (Lipinski definition) is 2. The molecular formula is C36H21BN2S. The smallest absolute Gasteiger partial charge is 0.333 e. The Morgan fingerprint density at radius 3 is 2.15 bits per heavy atom. The maximum atomic E-state index is 2.61. The zero-order chi connectivity index (χ0) is 25.9. The van der Waals surface area contributed by atoms with E-state index in [1.165, 1.54) is 81.1 Å². The van der Waals surface area contributed by atoms with Gasteiger partial charge in [0, 0.05) is 54.2 Å². The Morgan fingerprint density at radius 1 is 0.500 bits per heavy atom. The Bertz CT molecular complexity index is 2360. The van der Waals surface area contributed by atoms with Crippen LogP contribution in [0.25, 0.3) is 53.1 Å². The summed E-state index contributed by atoms with van der Waals surface area (Å²) in [6.45, 7) is 0.109. The number of nitrogens with zero attached hydrogens (tertiary/aromatic N) is 2. The summed E-state index contributed by atoms with van der Waals surface area (Å²) >= 11 is 1.90. The van der Waals surface area contributed by atoms with Gasteiger partial charge < -0.3 is 9.38 Å². The molecule has 40 heavy (non-hydrogen) atoms. The monoisotopic (exact) mass is 524 g/mol. The molecule has 0 bridgehead atoms. The summed E-state index contributed by atoms with van der Waals surface area (Å²) in [7, 11) is 0. The number of rotatable bonds is 1. The lowest BCUT2D eigenvalue weighted by Crippen LogP contribution is -2.56. The first-order valence-electron chi connectivity index (χ1n) is 13.8. The molecule has 4 heterocycles. The maximum Gasteiger partial charge on any atom is 0.333 e. The molecule has 0 saturated carbocycles. The SMILES string of the molecule is c1ccc2c(c1)B1c3c(cccc3N2c2cccc3c2sc2ccccc23)-c2cccc3c4ccccc4n1c23. The second-order valence-electron chi connectivity index (χ2n) is 10.9. The third-order valence-corrected chi connectivity index (χ3v) is 10.2. The van der Waals surface area contributed by atoms with Crippen LogP contribution in [0.5, 0.6) is 0 Å². The normalized spacial score (nSPS) is 13.4. The standard InChI is InChI=1S/C36H21BN2S/c1-4-17-29-22(10-1)25-13-7-14-26-24-12-8-19-31-34(24)37(39(29)35(25)26)28-16-3-5-18-30(28)38(31)32-20-9-15-27-23-11-2-6-21-33(23)40-36(27)32/h1-21H. The van der Waals surface area contributed by atoms with E-state index in [0.29, 0.717) is 0 Å². The van der Waals surface area contributed by atoms with Crippen LogP contribution in [-0.2, 0) is 0 Å². The summed E-state index contributed by atoms with van der Waals surface area (Å²) in [6, 6.07) is 47.2. The van der Waals surface area contributed by atoms with Gasteiger partial charge in [-0.3, -0.25) is 0 Å². The van der Waals surface area contributed by atoms with E-state index in [4.69, 9.17) is 0 Å². The van der Waals surface area contributed by atoms with Gasteiger partial charge in [0.1, 0.15) is 0 Å². The van der Waals surface area contributed by atoms with Crippen LogP contribution in [0, 0.1) is 0 Å². The van der Waals surface area contributed by atoms with Crippen LogP contribution in [0.2, 0.25) is 0 Å². The molecule has 0 saturated heterocycles. The van der Waals surface area contributed by atoms with Crippen LogP contribution in [0.1, 0.15) is 0 Å². The molecule has 2 aliphatic heterocycles. The largest absolute Gasteiger partial charge is 0.375 e. The number of fused-ring (bicyclic) bond motifs is 10. The van der Waals surface area contributed by atoms with Gasteiger partial charge in [-0.15, -0.1) is 11.3 Å². The minimum atomic E-state index is 0.109. The van der Waals surface area contributed by atoms with Crippen LogP contribution >= 0.6 is 11.3 Å². The minimum absolute atomic E-state index is 0.109. The summed E-state index contributed by atoms with van der Waals surface area (Å²) in [5.74, 6) is 0. The second-order valence-corrected chi connectivity index (χ2v) is 11.9. The number of aromatic nitrogens is 1. The van der Waals surface area contributed by atoms with Crippen LogP contribution < -0.4 is 15.8 Å². The lowest BCUT2D eigenvalue weighted by molar-refractivity contribution is 1.26. The fourth-order valence-electron chi connectivity index (χ4n) is 7.45. The Hall–Kier alpha value is -4.80. The van der Waals surface area contributed by atoms with E-state index in [0.717, 1.165) is 0 Å². The molecule has 4 heteroatoms. The zero-order valence-electron chi connectivity index (χ0n) is 21.5. The fourth-order valence-corrected chi connectivity index (χ4v) is 8.66. The highest BCUT2D eigenvalue weighted by atomic mass is 32.1.